The van der Waals surface area contributed by atoms with Crippen molar-refractivity contribution >= 4 is 17.4 Å². The summed E-state index contributed by atoms with van der Waals surface area (Å²) >= 11 is 5.57. The maximum Gasteiger partial charge on any atom is 0.224 e. The van der Waals surface area contributed by atoms with Gasteiger partial charge in [-0.1, -0.05) is 0 Å². The van der Waals surface area contributed by atoms with Gasteiger partial charge in [-0.15, -0.1) is 10.2 Å². The molecular weight excluding hydrogens is 247 g/mol. The predicted molar refractivity (Wildman–Crippen MR) is 60.0 cm³/mol. The zero-order valence-electron chi connectivity index (χ0n) is 9.06. The summed E-state index contributed by atoms with van der Waals surface area (Å²) in [4.78, 5) is 7.26. The first-order valence-corrected chi connectivity index (χ1v) is 5.37. The van der Waals surface area contributed by atoms with Crippen molar-refractivity contribution in [3.63, 3.8) is 0 Å². The van der Waals surface area contributed by atoms with Gasteiger partial charge in [0.2, 0.25) is 5.28 Å². The molecule has 0 atom stereocenters. The number of nitrogens with zero attached hydrogens (tertiary/aromatic N) is 5. The molecule has 1 N–H and O–H groups in total. The van der Waals surface area contributed by atoms with Gasteiger partial charge in [-0.25, -0.2) is 9.37 Å². The highest BCUT2D eigenvalue weighted by atomic mass is 35.5. The lowest BCUT2D eigenvalue weighted by atomic mass is 10.5. The third kappa shape index (κ3) is 2.68. The lowest BCUT2D eigenvalue weighted by Gasteiger charge is -2.06. The number of hydrogen-bond donors (Lipinski definition) is 1. The van der Waals surface area contributed by atoms with Crippen molar-refractivity contribution in [3.05, 3.63) is 29.4 Å². The summed E-state index contributed by atoms with van der Waals surface area (Å²) in [6.45, 7) is 3.03. The van der Waals surface area contributed by atoms with Crippen LogP contribution in [0.4, 0.5) is 10.2 Å². The Morgan fingerprint density at radius 1 is 1.53 bits per heavy atom. The molecule has 0 aliphatic heterocycles. The summed E-state index contributed by atoms with van der Waals surface area (Å²) in [5, 5.41) is 10.5. The predicted octanol–water partition coefficient (Wildman–Crippen LogP) is 1.49. The topological polar surface area (TPSA) is 68.5 Å². The van der Waals surface area contributed by atoms with Crippen LogP contribution in [0.5, 0.6) is 0 Å². The molecule has 0 spiro atoms. The molecule has 6 nitrogen and oxygen atoms in total. The van der Waals surface area contributed by atoms with E-state index in [0.29, 0.717) is 12.4 Å². The molecule has 0 amide bonds. The van der Waals surface area contributed by atoms with Crippen molar-refractivity contribution in [1.82, 2.24) is 24.7 Å². The van der Waals surface area contributed by atoms with E-state index in [0.717, 1.165) is 12.7 Å². The average molecular weight is 257 g/mol. The molecule has 2 aromatic heterocycles. The fourth-order valence-corrected chi connectivity index (χ4v) is 1.45. The van der Waals surface area contributed by atoms with E-state index in [-0.39, 0.29) is 11.1 Å². The zero-order chi connectivity index (χ0) is 12.3. The molecule has 0 aliphatic carbocycles. The molecule has 0 saturated heterocycles. The third-order valence-corrected chi connectivity index (χ3v) is 2.35. The molecule has 2 aromatic rings. The third-order valence-electron chi connectivity index (χ3n) is 2.17. The summed E-state index contributed by atoms with van der Waals surface area (Å²) in [6.07, 6.45) is 2.63. The van der Waals surface area contributed by atoms with Crippen LogP contribution in [0.3, 0.4) is 0 Å². The van der Waals surface area contributed by atoms with Crippen molar-refractivity contribution < 1.29 is 4.39 Å². The van der Waals surface area contributed by atoms with E-state index >= 15 is 0 Å². The van der Waals surface area contributed by atoms with E-state index in [1.54, 1.807) is 6.33 Å². The maximum atomic E-state index is 13.3. The van der Waals surface area contributed by atoms with Crippen LogP contribution in [0.2, 0.25) is 5.28 Å². The van der Waals surface area contributed by atoms with Gasteiger partial charge in [0.1, 0.15) is 6.33 Å². The van der Waals surface area contributed by atoms with Crippen molar-refractivity contribution in [2.45, 2.75) is 20.0 Å². The number of halogens is 2. The van der Waals surface area contributed by atoms with Crippen molar-refractivity contribution in [3.8, 4) is 0 Å². The van der Waals surface area contributed by atoms with Gasteiger partial charge in [0.25, 0.3) is 0 Å². The Hall–Kier alpha value is -1.76. The number of anilines is 1. The fourth-order valence-electron chi connectivity index (χ4n) is 1.31. The van der Waals surface area contributed by atoms with Crippen LogP contribution in [0.1, 0.15) is 12.7 Å². The van der Waals surface area contributed by atoms with Gasteiger partial charge in [0.15, 0.2) is 17.5 Å². The average Bonchev–Trinajstić information content (AvgIpc) is 2.77. The molecule has 17 heavy (non-hydrogen) atoms. The summed E-state index contributed by atoms with van der Waals surface area (Å²) in [7, 11) is 0. The summed E-state index contributed by atoms with van der Waals surface area (Å²) < 4.78 is 15.1. The van der Waals surface area contributed by atoms with Crippen LogP contribution in [-0.2, 0) is 13.1 Å². The maximum absolute atomic E-state index is 13.3. The molecule has 0 radical (unpaired) electrons. The van der Waals surface area contributed by atoms with Crippen molar-refractivity contribution in [2.24, 2.45) is 0 Å². The van der Waals surface area contributed by atoms with Gasteiger partial charge in [-0.05, 0) is 18.5 Å². The highest BCUT2D eigenvalue weighted by molar-refractivity contribution is 6.28. The molecule has 0 saturated carbocycles. The summed E-state index contributed by atoms with van der Waals surface area (Å²) in [5.74, 6) is 0.189. The van der Waals surface area contributed by atoms with E-state index in [4.69, 9.17) is 11.6 Å². The van der Waals surface area contributed by atoms with Crippen molar-refractivity contribution in [2.75, 3.05) is 5.32 Å². The first-order valence-electron chi connectivity index (χ1n) is 4.99. The first-order chi connectivity index (χ1) is 8.20. The lowest BCUT2D eigenvalue weighted by molar-refractivity contribution is 0.615. The van der Waals surface area contributed by atoms with Gasteiger partial charge in [-0.2, -0.15) is 4.98 Å². The van der Waals surface area contributed by atoms with E-state index in [9.17, 15) is 4.39 Å². The Bertz CT molecular complexity index is 514. The second-order valence-corrected chi connectivity index (χ2v) is 3.56. The highest BCUT2D eigenvalue weighted by Gasteiger charge is 2.07. The Morgan fingerprint density at radius 2 is 2.35 bits per heavy atom. The quantitative estimate of drug-likeness (QED) is 0.840. The van der Waals surface area contributed by atoms with Crippen LogP contribution in [0.25, 0.3) is 0 Å². The van der Waals surface area contributed by atoms with Crippen LogP contribution in [-0.4, -0.2) is 24.7 Å². The Balaban J connectivity index is 2.09. The second-order valence-electron chi connectivity index (χ2n) is 3.22. The normalized spacial score (nSPS) is 10.5. The SMILES string of the molecule is CCn1cnnc1CNc1nc(Cl)ncc1F. The second kappa shape index (κ2) is 5.05. The van der Waals surface area contributed by atoms with E-state index in [1.807, 2.05) is 11.5 Å². The Kier molecular flexibility index (Phi) is 3.48. The number of rotatable bonds is 4. The van der Waals surface area contributed by atoms with Gasteiger partial charge in [0, 0.05) is 6.54 Å². The Labute approximate surface area is 102 Å². The van der Waals surface area contributed by atoms with E-state index in [2.05, 4.69) is 25.5 Å². The largest absolute Gasteiger partial charge is 0.360 e. The molecule has 2 heterocycles. The molecule has 0 fully saturated rings. The highest BCUT2D eigenvalue weighted by Crippen LogP contribution is 2.12. The van der Waals surface area contributed by atoms with Crippen LogP contribution in [0.15, 0.2) is 12.5 Å². The zero-order valence-corrected chi connectivity index (χ0v) is 9.82. The smallest absolute Gasteiger partial charge is 0.224 e. The number of nitrogens with one attached hydrogen (secondary N) is 1. The standard InChI is InChI=1S/C9H10ClFN6/c1-2-17-5-14-16-7(17)4-12-8-6(11)3-13-9(10)15-8/h3,5H,2,4H2,1H3,(H,12,13,15). The van der Waals surface area contributed by atoms with Crippen molar-refractivity contribution in [1.29, 1.82) is 0 Å². The fraction of sp³-hybridized carbons (Fsp3) is 0.333. The number of aromatic nitrogens is 5. The summed E-state index contributed by atoms with van der Waals surface area (Å²) in [5.41, 5.74) is 0. The van der Waals surface area contributed by atoms with Gasteiger partial charge in [-0.3, -0.25) is 0 Å². The van der Waals surface area contributed by atoms with E-state index in [1.165, 1.54) is 0 Å². The minimum atomic E-state index is -0.558. The Morgan fingerprint density at radius 3 is 3.12 bits per heavy atom. The monoisotopic (exact) mass is 256 g/mol. The molecule has 2 rings (SSSR count). The molecule has 0 bridgehead atoms. The van der Waals surface area contributed by atoms with Gasteiger partial charge >= 0.3 is 0 Å². The number of hydrogen-bond acceptors (Lipinski definition) is 5. The van der Waals surface area contributed by atoms with E-state index < -0.39 is 5.82 Å². The number of aryl methyl sites for hydroxylation is 1. The molecular formula is C9H10ClFN6. The first kappa shape index (κ1) is 11.7. The van der Waals surface area contributed by atoms with Gasteiger partial charge in [0.05, 0.1) is 12.7 Å². The molecule has 90 valence electrons. The lowest BCUT2D eigenvalue weighted by Crippen LogP contribution is -2.10. The molecule has 8 heteroatoms. The van der Waals surface area contributed by atoms with Crippen LogP contribution < -0.4 is 5.32 Å². The minimum Gasteiger partial charge on any atom is -0.360 e. The van der Waals surface area contributed by atoms with Crippen LogP contribution >= 0.6 is 11.6 Å². The van der Waals surface area contributed by atoms with Crippen LogP contribution in [0, 0.1) is 5.82 Å². The summed E-state index contributed by atoms with van der Waals surface area (Å²) in [6, 6.07) is 0. The molecule has 0 aromatic carbocycles. The minimum absolute atomic E-state index is 0.00846. The molecule has 0 unspecified atom stereocenters. The van der Waals surface area contributed by atoms with Gasteiger partial charge < -0.3 is 9.88 Å². The molecule has 0 aliphatic rings.